The van der Waals surface area contributed by atoms with Gasteiger partial charge in [0, 0.05) is 55.6 Å². The van der Waals surface area contributed by atoms with Crippen LogP contribution in [0.4, 0.5) is 0 Å². The first-order valence-electron chi connectivity index (χ1n) is 11.1. The molecule has 0 radical (unpaired) electrons. The SMILES string of the molecule is O=C(NCCC(=O)N1CCN(C(=O)CCC2CCCCC2)CC1)c1ccc(Br)cc1. The van der Waals surface area contributed by atoms with Gasteiger partial charge in [-0.3, -0.25) is 14.4 Å². The smallest absolute Gasteiger partial charge is 0.251 e. The van der Waals surface area contributed by atoms with E-state index in [2.05, 4.69) is 21.2 Å². The summed E-state index contributed by atoms with van der Waals surface area (Å²) >= 11 is 3.34. The number of benzene rings is 1. The largest absolute Gasteiger partial charge is 0.352 e. The van der Waals surface area contributed by atoms with Gasteiger partial charge in [0.15, 0.2) is 0 Å². The van der Waals surface area contributed by atoms with Crippen molar-refractivity contribution < 1.29 is 14.4 Å². The van der Waals surface area contributed by atoms with Gasteiger partial charge in [0.1, 0.15) is 0 Å². The topological polar surface area (TPSA) is 69.7 Å². The minimum Gasteiger partial charge on any atom is -0.352 e. The molecule has 1 aromatic carbocycles. The highest BCUT2D eigenvalue weighted by Crippen LogP contribution is 2.27. The van der Waals surface area contributed by atoms with E-state index in [1.807, 2.05) is 17.0 Å². The maximum Gasteiger partial charge on any atom is 0.251 e. The summed E-state index contributed by atoms with van der Waals surface area (Å²) in [5.74, 6) is 0.803. The fraction of sp³-hybridized carbons (Fsp3) is 0.609. The number of hydrogen-bond donors (Lipinski definition) is 1. The van der Waals surface area contributed by atoms with Crippen LogP contribution in [0.5, 0.6) is 0 Å². The van der Waals surface area contributed by atoms with Crippen molar-refractivity contribution in [2.24, 2.45) is 5.92 Å². The zero-order valence-corrected chi connectivity index (χ0v) is 19.2. The normalized spacial score (nSPS) is 17.6. The van der Waals surface area contributed by atoms with E-state index in [1.54, 1.807) is 17.0 Å². The third-order valence-corrected chi connectivity index (χ3v) is 6.74. The van der Waals surface area contributed by atoms with Crippen LogP contribution >= 0.6 is 15.9 Å². The molecule has 30 heavy (non-hydrogen) atoms. The average molecular weight is 478 g/mol. The molecule has 0 atom stereocenters. The summed E-state index contributed by atoms with van der Waals surface area (Å²) in [6.45, 7) is 2.69. The first-order valence-corrected chi connectivity index (χ1v) is 11.9. The molecular formula is C23H32BrN3O3. The molecule has 1 heterocycles. The number of nitrogens with one attached hydrogen (secondary N) is 1. The van der Waals surface area contributed by atoms with Gasteiger partial charge >= 0.3 is 0 Å². The molecule has 1 N–H and O–H groups in total. The highest BCUT2D eigenvalue weighted by Gasteiger charge is 2.24. The Hall–Kier alpha value is -1.89. The molecule has 1 aliphatic carbocycles. The Labute approximate surface area is 187 Å². The fourth-order valence-corrected chi connectivity index (χ4v) is 4.58. The lowest BCUT2D eigenvalue weighted by molar-refractivity contribution is -0.139. The van der Waals surface area contributed by atoms with Crippen LogP contribution in [0.3, 0.4) is 0 Å². The second-order valence-corrected chi connectivity index (χ2v) is 9.23. The summed E-state index contributed by atoms with van der Waals surface area (Å²) in [6, 6.07) is 7.11. The van der Waals surface area contributed by atoms with Crippen molar-refractivity contribution in [1.29, 1.82) is 0 Å². The van der Waals surface area contributed by atoms with Gasteiger partial charge in [-0.05, 0) is 36.6 Å². The summed E-state index contributed by atoms with van der Waals surface area (Å²) in [7, 11) is 0. The Kier molecular flexibility index (Phi) is 8.73. The number of piperazine rings is 1. The van der Waals surface area contributed by atoms with Gasteiger partial charge < -0.3 is 15.1 Å². The Morgan fingerprint density at radius 2 is 1.43 bits per heavy atom. The molecule has 1 aromatic rings. The number of carbonyl (C=O) groups excluding carboxylic acids is 3. The zero-order chi connectivity index (χ0) is 21.3. The quantitative estimate of drug-likeness (QED) is 0.651. The van der Waals surface area contributed by atoms with Crippen molar-refractivity contribution in [2.45, 2.75) is 51.4 Å². The number of nitrogens with zero attached hydrogens (tertiary/aromatic N) is 2. The lowest BCUT2D eigenvalue weighted by Gasteiger charge is -2.35. The minimum atomic E-state index is -0.177. The monoisotopic (exact) mass is 477 g/mol. The van der Waals surface area contributed by atoms with E-state index in [4.69, 9.17) is 0 Å². The molecule has 0 aromatic heterocycles. The van der Waals surface area contributed by atoms with Crippen LogP contribution in [0.15, 0.2) is 28.7 Å². The first-order chi connectivity index (χ1) is 14.5. The van der Waals surface area contributed by atoms with E-state index < -0.39 is 0 Å². The van der Waals surface area contributed by atoms with Gasteiger partial charge in [0.05, 0.1) is 0 Å². The van der Waals surface area contributed by atoms with Crippen molar-refractivity contribution in [3.8, 4) is 0 Å². The summed E-state index contributed by atoms with van der Waals surface area (Å²) in [4.78, 5) is 40.7. The van der Waals surface area contributed by atoms with E-state index in [1.165, 1.54) is 32.1 Å². The second kappa shape index (κ2) is 11.5. The lowest BCUT2D eigenvalue weighted by atomic mass is 9.86. The van der Waals surface area contributed by atoms with Gasteiger partial charge in [0.25, 0.3) is 5.91 Å². The number of amides is 3. The second-order valence-electron chi connectivity index (χ2n) is 8.32. The summed E-state index contributed by atoms with van der Waals surface area (Å²) < 4.78 is 0.917. The van der Waals surface area contributed by atoms with Crippen LogP contribution in [-0.4, -0.2) is 60.2 Å². The predicted molar refractivity (Wildman–Crippen MR) is 120 cm³/mol. The number of carbonyl (C=O) groups is 3. The molecule has 2 aliphatic rings. The molecule has 164 valence electrons. The standard InChI is InChI=1S/C23H32BrN3O3/c24-20-9-7-19(8-10-20)23(30)25-13-12-22(29)27-16-14-26(15-17-27)21(28)11-6-18-4-2-1-3-5-18/h7-10,18H,1-6,11-17H2,(H,25,30). The van der Waals surface area contributed by atoms with Crippen LogP contribution in [0.1, 0.15) is 61.7 Å². The minimum absolute atomic E-state index is 0.0282. The number of rotatable bonds is 7. The van der Waals surface area contributed by atoms with E-state index in [9.17, 15) is 14.4 Å². The molecule has 1 aliphatic heterocycles. The van der Waals surface area contributed by atoms with Crippen molar-refractivity contribution in [3.05, 3.63) is 34.3 Å². The van der Waals surface area contributed by atoms with Crippen LogP contribution in [-0.2, 0) is 9.59 Å². The molecule has 0 unspecified atom stereocenters. The van der Waals surface area contributed by atoms with Gasteiger partial charge in [-0.15, -0.1) is 0 Å². The highest BCUT2D eigenvalue weighted by atomic mass is 79.9. The third-order valence-electron chi connectivity index (χ3n) is 6.21. The molecule has 1 saturated carbocycles. The van der Waals surface area contributed by atoms with Crippen molar-refractivity contribution in [1.82, 2.24) is 15.1 Å². The number of hydrogen-bond acceptors (Lipinski definition) is 3. The van der Waals surface area contributed by atoms with E-state index in [0.29, 0.717) is 44.7 Å². The molecular weight excluding hydrogens is 446 g/mol. The van der Waals surface area contributed by atoms with Crippen molar-refractivity contribution in [3.63, 3.8) is 0 Å². The van der Waals surface area contributed by atoms with E-state index in [0.717, 1.165) is 16.8 Å². The first kappa shape index (κ1) is 22.8. The van der Waals surface area contributed by atoms with E-state index >= 15 is 0 Å². The summed E-state index contributed by atoms with van der Waals surface area (Å²) in [5, 5.41) is 2.80. The summed E-state index contributed by atoms with van der Waals surface area (Å²) in [6.07, 6.45) is 8.43. The molecule has 3 amide bonds. The van der Waals surface area contributed by atoms with Gasteiger partial charge in [-0.2, -0.15) is 0 Å². The molecule has 2 fully saturated rings. The van der Waals surface area contributed by atoms with Crippen LogP contribution in [0.2, 0.25) is 0 Å². The molecule has 1 saturated heterocycles. The molecule has 7 heteroatoms. The molecule has 0 spiro atoms. The van der Waals surface area contributed by atoms with E-state index in [-0.39, 0.29) is 24.1 Å². The van der Waals surface area contributed by atoms with Crippen LogP contribution in [0.25, 0.3) is 0 Å². The van der Waals surface area contributed by atoms with Crippen molar-refractivity contribution in [2.75, 3.05) is 32.7 Å². The average Bonchev–Trinajstić information content (AvgIpc) is 2.78. The Balaban J connectivity index is 1.32. The highest BCUT2D eigenvalue weighted by molar-refractivity contribution is 9.10. The lowest BCUT2D eigenvalue weighted by Crippen LogP contribution is -2.51. The fourth-order valence-electron chi connectivity index (χ4n) is 4.31. The van der Waals surface area contributed by atoms with Gasteiger partial charge in [-0.1, -0.05) is 48.0 Å². The van der Waals surface area contributed by atoms with Crippen LogP contribution in [0, 0.1) is 5.92 Å². The van der Waals surface area contributed by atoms with Crippen LogP contribution < -0.4 is 5.32 Å². The molecule has 0 bridgehead atoms. The maximum absolute atomic E-state index is 12.5. The predicted octanol–water partition coefficient (Wildman–Crippen LogP) is 3.60. The molecule has 3 rings (SSSR count). The van der Waals surface area contributed by atoms with Crippen molar-refractivity contribution >= 4 is 33.7 Å². The summed E-state index contributed by atoms with van der Waals surface area (Å²) in [5.41, 5.74) is 0.575. The zero-order valence-electron chi connectivity index (χ0n) is 17.6. The molecule has 6 nitrogen and oxygen atoms in total. The Morgan fingerprint density at radius 1 is 0.867 bits per heavy atom. The van der Waals surface area contributed by atoms with Gasteiger partial charge in [-0.25, -0.2) is 0 Å². The number of halogens is 1. The Morgan fingerprint density at radius 3 is 2.03 bits per heavy atom. The van der Waals surface area contributed by atoms with Gasteiger partial charge in [0.2, 0.25) is 11.8 Å². The maximum atomic E-state index is 12.5. The Bertz CT molecular complexity index is 724. The third kappa shape index (κ3) is 6.83.